The van der Waals surface area contributed by atoms with Crippen LogP contribution in [-0.4, -0.2) is 36.6 Å². The highest BCUT2D eigenvalue weighted by Crippen LogP contribution is 2.31. The van der Waals surface area contributed by atoms with Crippen molar-refractivity contribution in [2.75, 3.05) is 20.6 Å². The van der Waals surface area contributed by atoms with E-state index in [-0.39, 0.29) is 0 Å². The van der Waals surface area contributed by atoms with Crippen LogP contribution < -0.4 is 5.32 Å². The topological polar surface area (TPSA) is 28.2 Å². The van der Waals surface area contributed by atoms with Gasteiger partial charge in [-0.2, -0.15) is 0 Å². The lowest BCUT2D eigenvalue weighted by Gasteiger charge is -2.37. The van der Waals surface area contributed by atoms with Crippen LogP contribution in [0.1, 0.15) is 44.0 Å². The first-order valence-electron chi connectivity index (χ1n) is 8.40. The van der Waals surface area contributed by atoms with Crippen LogP contribution in [0.25, 0.3) is 0 Å². The summed E-state index contributed by atoms with van der Waals surface area (Å²) in [6, 6.07) is 6.98. The minimum absolute atomic E-state index is 0.681. The van der Waals surface area contributed by atoms with Crippen LogP contribution in [0.5, 0.6) is 0 Å². The van der Waals surface area contributed by atoms with Gasteiger partial charge in [0.2, 0.25) is 0 Å². The molecule has 0 bridgehead atoms. The molecule has 3 atom stereocenters. The van der Waals surface area contributed by atoms with Gasteiger partial charge in [-0.1, -0.05) is 19.4 Å². The number of rotatable bonds is 6. The van der Waals surface area contributed by atoms with Gasteiger partial charge < -0.3 is 10.2 Å². The smallest absolute Gasteiger partial charge is 0.0547 e. The van der Waals surface area contributed by atoms with E-state index in [9.17, 15) is 0 Å². The maximum Gasteiger partial charge on any atom is 0.0547 e. The Balaban J connectivity index is 1.91. The third-order valence-corrected chi connectivity index (χ3v) is 4.96. The number of nitrogens with one attached hydrogen (secondary N) is 1. The number of aryl methyl sites for hydroxylation is 1. The van der Waals surface area contributed by atoms with Crippen molar-refractivity contribution in [3.63, 3.8) is 0 Å². The van der Waals surface area contributed by atoms with Crippen molar-refractivity contribution in [3.05, 3.63) is 29.6 Å². The predicted molar refractivity (Wildman–Crippen MR) is 89.3 cm³/mol. The zero-order chi connectivity index (χ0) is 15.2. The predicted octanol–water partition coefficient (Wildman–Crippen LogP) is 3.24. The molecule has 0 radical (unpaired) electrons. The quantitative estimate of drug-likeness (QED) is 0.871. The average molecular weight is 289 g/mol. The second-order valence-electron chi connectivity index (χ2n) is 6.71. The summed E-state index contributed by atoms with van der Waals surface area (Å²) in [6.45, 7) is 6.51. The second kappa shape index (κ2) is 7.90. The lowest BCUT2D eigenvalue weighted by Crippen LogP contribution is -2.43. The highest BCUT2D eigenvalue weighted by molar-refractivity contribution is 5.09. The van der Waals surface area contributed by atoms with Crippen LogP contribution in [0.4, 0.5) is 0 Å². The summed E-state index contributed by atoms with van der Waals surface area (Å²) in [5, 5.41) is 3.53. The molecular formula is C18H31N3. The Morgan fingerprint density at radius 3 is 2.81 bits per heavy atom. The fraction of sp³-hybridized carbons (Fsp3) is 0.722. The molecule has 1 aromatic heterocycles. The van der Waals surface area contributed by atoms with Gasteiger partial charge in [0.1, 0.15) is 0 Å². The molecule has 0 amide bonds. The van der Waals surface area contributed by atoms with Crippen molar-refractivity contribution in [1.82, 2.24) is 15.2 Å². The number of nitrogens with zero attached hydrogens (tertiary/aromatic N) is 2. The Kier molecular flexibility index (Phi) is 6.19. The maximum atomic E-state index is 4.62. The van der Waals surface area contributed by atoms with Crippen molar-refractivity contribution >= 4 is 0 Å². The zero-order valence-corrected chi connectivity index (χ0v) is 14.1. The van der Waals surface area contributed by atoms with Gasteiger partial charge in [-0.15, -0.1) is 0 Å². The van der Waals surface area contributed by atoms with Crippen LogP contribution in [-0.2, 0) is 6.54 Å². The first-order valence-corrected chi connectivity index (χ1v) is 8.40. The molecule has 1 fully saturated rings. The van der Waals surface area contributed by atoms with Crippen LogP contribution in [0, 0.1) is 18.8 Å². The van der Waals surface area contributed by atoms with Gasteiger partial charge in [0.25, 0.3) is 0 Å². The monoisotopic (exact) mass is 289 g/mol. The van der Waals surface area contributed by atoms with Gasteiger partial charge in [0.05, 0.1) is 5.69 Å². The van der Waals surface area contributed by atoms with E-state index < -0.39 is 0 Å². The van der Waals surface area contributed by atoms with E-state index >= 15 is 0 Å². The fourth-order valence-electron chi connectivity index (χ4n) is 3.74. The van der Waals surface area contributed by atoms with Gasteiger partial charge in [-0.25, -0.2) is 0 Å². The third-order valence-electron chi connectivity index (χ3n) is 4.96. The van der Waals surface area contributed by atoms with Gasteiger partial charge in [0, 0.05) is 24.8 Å². The highest BCUT2D eigenvalue weighted by atomic mass is 15.1. The van der Waals surface area contributed by atoms with Crippen LogP contribution in [0.2, 0.25) is 0 Å². The van der Waals surface area contributed by atoms with Crippen LogP contribution >= 0.6 is 0 Å². The minimum atomic E-state index is 0.681. The molecule has 0 spiro atoms. The molecule has 1 saturated carbocycles. The fourth-order valence-corrected chi connectivity index (χ4v) is 3.74. The van der Waals surface area contributed by atoms with Crippen LogP contribution in [0.3, 0.4) is 0 Å². The average Bonchev–Trinajstić information content (AvgIpc) is 2.47. The molecule has 3 heteroatoms. The Morgan fingerprint density at radius 1 is 1.33 bits per heavy atom. The molecule has 1 aromatic rings. The molecule has 0 saturated heterocycles. The van der Waals surface area contributed by atoms with Crippen molar-refractivity contribution in [3.8, 4) is 0 Å². The summed E-state index contributed by atoms with van der Waals surface area (Å²) in [5.41, 5.74) is 2.29. The number of hydrogen-bond donors (Lipinski definition) is 1. The lowest BCUT2D eigenvalue weighted by molar-refractivity contribution is 0.152. The Hall–Kier alpha value is -0.930. The van der Waals surface area contributed by atoms with Gasteiger partial charge in [0.15, 0.2) is 0 Å². The first kappa shape index (κ1) is 16.4. The molecule has 3 nitrogen and oxygen atoms in total. The molecule has 21 heavy (non-hydrogen) atoms. The Bertz CT molecular complexity index is 432. The molecular weight excluding hydrogens is 258 g/mol. The van der Waals surface area contributed by atoms with E-state index in [1.54, 1.807) is 0 Å². The summed E-state index contributed by atoms with van der Waals surface area (Å²) in [6.07, 6.45) is 5.42. The van der Waals surface area contributed by atoms with Crippen molar-refractivity contribution < 1.29 is 0 Å². The summed E-state index contributed by atoms with van der Waals surface area (Å²) in [5.74, 6) is 1.69. The van der Waals surface area contributed by atoms with E-state index in [1.807, 2.05) is 0 Å². The molecule has 0 aromatic carbocycles. The van der Waals surface area contributed by atoms with Crippen molar-refractivity contribution in [2.24, 2.45) is 11.8 Å². The molecule has 118 valence electrons. The summed E-state index contributed by atoms with van der Waals surface area (Å²) >= 11 is 0. The largest absolute Gasteiger partial charge is 0.317 e. The minimum Gasteiger partial charge on any atom is -0.317 e. The number of hydrogen-bond acceptors (Lipinski definition) is 3. The Labute approximate surface area is 130 Å². The van der Waals surface area contributed by atoms with E-state index in [2.05, 4.69) is 61.3 Å². The van der Waals surface area contributed by atoms with Crippen molar-refractivity contribution in [2.45, 2.75) is 52.1 Å². The molecule has 3 unspecified atom stereocenters. The Morgan fingerprint density at radius 2 is 2.14 bits per heavy atom. The van der Waals surface area contributed by atoms with Gasteiger partial charge in [-0.05, 0) is 64.3 Å². The molecule has 1 aliphatic carbocycles. The maximum absolute atomic E-state index is 4.62. The van der Waals surface area contributed by atoms with E-state index in [4.69, 9.17) is 0 Å². The normalized spacial score (nSPS) is 26.2. The van der Waals surface area contributed by atoms with E-state index in [1.165, 1.54) is 31.4 Å². The molecule has 1 heterocycles. The molecule has 2 rings (SSSR count). The molecule has 1 aliphatic rings. The number of pyridine rings is 1. The summed E-state index contributed by atoms with van der Waals surface area (Å²) in [4.78, 5) is 7.06. The molecule has 0 aliphatic heterocycles. The standard InChI is InChI=1S/C18H31N3/c1-5-15-9-10-18(19-3)16(11-15)12-21(4)13-17-8-6-7-14(2)20-17/h6-8,15-16,18-19H,5,9-13H2,1-4H3. The first-order chi connectivity index (χ1) is 10.1. The van der Waals surface area contributed by atoms with Gasteiger partial charge in [-0.3, -0.25) is 4.98 Å². The van der Waals surface area contributed by atoms with E-state index in [0.717, 1.165) is 30.6 Å². The lowest BCUT2D eigenvalue weighted by atomic mass is 9.76. The van der Waals surface area contributed by atoms with Crippen molar-refractivity contribution in [1.29, 1.82) is 0 Å². The summed E-state index contributed by atoms with van der Waals surface area (Å²) in [7, 11) is 4.35. The molecule has 1 N–H and O–H groups in total. The zero-order valence-electron chi connectivity index (χ0n) is 14.1. The number of aromatic nitrogens is 1. The van der Waals surface area contributed by atoms with Gasteiger partial charge >= 0.3 is 0 Å². The SMILES string of the molecule is CCC1CCC(NC)C(CN(C)Cc2cccc(C)n2)C1. The third kappa shape index (κ3) is 4.79. The second-order valence-corrected chi connectivity index (χ2v) is 6.71. The highest BCUT2D eigenvalue weighted by Gasteiger charge is 2.29. The van der Waals surface area contributed by atoms with Crippen LogP contribution in [0.15, 0.2) is 18.2 Å². The van der Waals surface area contributed by atoms with E-state index in [0.29, 0.717) is 6.04 Å². The summed E-state index contributed by atoms with van der Waals surface area (Å²) < 4.78 is 0.